The first-order valence-corrected chi connectivity index (χ1v) is 14.6. The monoisotopic (exact) mass is 609 g/mol. The number of hydrogen-bond donors (Lipinski definition) is 1. The van der Waals surface area contributed by atoms with Gasteiger partial charge >= 0.3 is 18.2 Å². The van der Waals surface area contributed by atoms with E-state index in [4.69, 9.17) is 4.74 Å². The summed E-state index contributed by atoms with van der Waals surface area (Å²) in [6.07, 6.45) is -4.07. The van der Waals surface area contributed by atoms with Crippen LogP contribution >= 0.6 is 0 Å². The van der Waals surface area contributed by atoms with Gasteiger partial charge in [-0.15, -0.1) is 0 Å². The maximum atomic E-state index is 15.5. The molecule has 2 atom stereocenters. The number of aromatic carboxylic acids is 1. The van der Waals surface area contributed by atoms with Crippen molar-refractivity contribution in [3.63, 3.8) is 0 Å². The Hall–Kier alpha value is -4.14. The van der Waals surface area contributed by atoms with Gasteiger partial charge in [-0.3, -0.25) is 4.90 Å². The van der Waals surface area contributed by atoms with Crippen LogP contribution in [0.4, 0.5) is 22.4 Å². The number of halogens is 4. The van der Waals surface area contributed by atoms with Gasteiger partial charge in [0.25, 0.3) is 0 Å². The van der Waals surface area contributed by atoms with Crippen LogP contribution in [-0.2, 0) is 10.9 Å². The first-order chi connectivity index (χ1) is 20.5. The Labute approximate surface area is 254 Å². The first-order valence-electron chi connectivity index (χ1n) is 14.6. The molecule has 0 unspecified atom stereocenters. The highest BCUT2D eigenvalue weighted by molar-refractivity contribution is 5.89. The lowest BCUT2D eigenvalue weighted by Crippen LogP contribution is -2.35. The highest BCUT2D eigenvalue weighted by Gasteiger charge is 2.42. The number of carbonyl (C=O) groups is 2. The summed E-state index contributed by atoms with van der Waals surface area (Å²) in [5.74, 6) is -1.44. The van der Waals surface area contributed by atoms with Crippen molar-refractivity contribution in [2.75, 3.05) is 6.54 Å². The van der Waals surface area contributed by atoms with Crippen molar-refractivity contribution in [3.05, 3.63) is 99.4 Å². The highest BCUT2D eigenvalue weighted by atomic mass is 19.4. The Bertz CT molecular complexity index is 1670. The highest BCUT2D eigenvalue weighted by Crippen LogP contribution is 2.45. The van der Waals surface area contributed by atoms with E-state index in [9.17, 15) is 27.9 Å². The lowest BCUT2D eigenvalue weighted by Gasteiger charge is -2.35. The third-order valence-corrected chi connectivity index (χ3v) is 8.76. The van der Waals surface area contributed by atoms with Gasteiger partial charge in [0.1, 0.15) is 11.9 Å². The fourth-order valence-electron chi connectivity index (χ4n) is 6.44. The van der Waals surface area contributed by atoms with Gasteiger partial charge in [0, 0.05) is 12.1 Å². The molecule has 1 aliphatic heterocycles. The van der Waals surface area contributed by atoms with E-state index in [0.717, 1.165) is 46.4 Å². The van der Waals surface area contributed by atoms with E-state index >= 15 is 4.39 Å². The van der Waals surface area contributed by atoms with E-state index in [-0.39, 0.29) is 23.1 Å². The Balaban J connectivity index is 1.51. The van der Waals surface area contributed by atoms with Crippen molar-refractivity contribution in [1.29, 1.82) is 0 Å². The molecule has 0 spiro atoms. The summed E-state index contributed by atoms with van der Waals surface area (Å²) in [5.41, 5.74) is 4.30. The zero-order valence-electron chi connectivity index (χ0n) is 25.3. The van der Waals surface area contributed by atoms with Crippen molar-refractivity contribution in [2.24, 2.45) is 5.41 Å². The quantitative estimate of drug-likeness (QED) is 0.283. The van der Waals surface area contributed by atoms with Gasteiger partial charge in [-0.2, -0.15) is 13.2 Å². The normalized spacial score (nSPS) is 20.2. The number of carboxylic acids is 1. The molecule has 0 radical (unpaired) electrons. The van der Waals surface area contributed by atoms with Crippen LogP contribution < -0.4 is 0 Å². The number of nitrogens with zero attached hydrogens (tertiary/aromatic N) is 1. The summed E-state index contributed by atoms with van der Waals surface area (Å²) in [4.78, 5) is 26.1. The minimum atomic E-state index is -4.53. The summed E-state index contributed by atoms with van der Waals surface area (Å²) in [5, 5.41) is 9.35. The topological polar surface area (TPSA) is 66.8 Å². The Morgan fingerprint density at radius 1 is 1.05 bits per heavy atom. The fraction of sp³-hybridized carbons (Fsp3) is 0.371. The lowest BCUT2D eigenvalue weighted by molar-refractivity contribution is -0.137. The molecule has 0 bridgehead atoms. The smallest absolute Gasteiger partial charge is 0.416 e. The minimum absolute atomic E-state index is 0.111. The predicted octanol–water partition coefficient (Wildman–Crippen LogP) is 9.37. The van der Waals surface area contributed by atoms with Gasteiger partial charge in [-0.25, -0.2) is 14.0 Å². The number of hydrogen-bond acceptors (Lipinski definition) is 3. The average Bonchev–Trinajstić information content (AvgIpc) is 3.21. The van der Waals surface area contributed by atoms with Gasteiger partial charge in [-0.05, 0) is 115 Å². The molecule has 2 aliphatic rings. The Kier molecular flexibility index (Phi) is 8.12. The molecule has 1 amide bonds. The molecule has 3 aromatic carbocycles. The number of aryl methyl sites for hydroxylation is 2. The number of allylic oxidation sites excluding steroid dienone is 1. The zero-order valence-corrected chi connectivity index (χ0v) is 25.3. The van der Waals surface area contributed by atoms with E-state index in [0.29, 0.717) is 24.0 Å². The summed E-state index contributed by atoms with van der Waals surface area (Å²) in [7, 11) is 0. The standard InChI is InChI=1S/C35H35F4NO4/c1-19-12-24(15-26(13-19)35(37,38)39)31-21(3)40(33(43)44-31)18-25-17-34(4,5)11-10-28(25)29-16-22(7-9-30(29)36)27-8-6-23(32(41)42)14-20(27)2/h6-9,12-16,21,31H,10-11,17-18H2,1-5H3,(H,41,42)/t21-,31-/m0/s1. The van der Waals surface area contributed by atoms with Gasteiger partial charge in [-0.1, -0.05) is 37.6 Å². The molecule has 1 N–H and O–H groups in total. The molecular formula is C35H35F4NO4. The van der Waals surface area contributed by atoms with Crippen LogP contribution in [0.15, 0.2) is 60.2 Å². The summed E-state index contributed by atoms with van der Waals surface area (Å²) < 4.78 is 61.8. The molecule has 5 nitrogen and oxygen atoms in total. The molecule has 3 aromatic rings. The van der Waals surface area contributed by atoms with Crippen molar-refractivity contribution in [3.8, 4) is 11.1 Å². The first kappa shape index (κ1) is 31.3. The van der Waals surface area contributed by atoms with Crippen molar-refractivity contribution in [2.45, 2.75) is 72.2 Å². The van der Waals surface area contributed by atoms with Crippen LogP contribution in [0, 0.1) is 25.1 Å². The van der Waals surface area contributed by atoms with Gasteiger partial charge in [0.2, 0.25) is 0 Å². The zero-order chi connectivity index (χ0) is 32.1. The molecule has 9 heteroatoms. The molecule has 0 aromatic heterocycles. The number of amides is 1. The molecule has 44 heavy (non-hydrogen) atoms. The summed E-state index contributed by atoms with van der Waals surface area (Å²) >= 11 is 0. The van der Waals surface area contributed by atoms with Crippen LogP contribution in [0.3, 0.4) is 0 Å². The second-order valence-corrected chi connectivity index (χ2v) is 12.8. The van der Waals surface area contributed by atoms with Crippen molar-refractivity contribution < 1.29 is 37.0 Å². The third kappa shape index (κ3) is 6.23. The number of cyclic esters (lactones) is 1. The Morgan fingerprint density at radius 3 is 2.43 bits per heavy atom. The maximum absolute atomic E-state index is 15.5. The molecule has 0 saturated carbocycles. The van der Waals surface area contributed by atoms with Crippen LogP contribution in [0.5, 0.6) is 0 Å². The maximum Gasteiger partial charge on any atom is 0.416 e. The second-order valence-electron chi connectivity index (χ2n) is 12.8. The number of rotatable bonds is 6. The van der Waals surface area contributed by atoms with E-state index in [1.54, 1.807) is 51.1 Å². The third-order valence-electron chi connectivity index (χ3n) is 8.76. The number of carboxylic acid groups (broad SMARTS) is 1. The van der Waals surface area contributed by atoms with Crippen LogP contribution in [-0.4, -0.2) is 34.7 Å². The molecule has 1 saturated heterocycles. The molecule has 1 aliphatic carbocycles. The van der Waals surface area contributed by atoms with Crippen molar-refractivity contribution in [1.82, 2.24) is 4.90 Å². The summed E-state index contributed by atoms with van der Waals surface area (Å²) in [6.45, 7) is 9.52. The van der Waals surface area contributed by atoms with E-state index in [1.165, 1.54) is 17.0 Å². The molecule has 1 heterocycles. The van der Waals surface area contributed by atoms with Crippen molar-refractivity contribution >= 4 is 17.6 Å². The Morgan fingerprint density at radius 2 is 1.77 bits per heavy atom. The fourth-order valence-corrected chi connectivity index (χ4v) is 6.44. The average molecular weight is 610 g/mol. The van der Waals surface area contributed by atoms with Gasteiger partial charge in [0.05, 0.1) is 17.2 Å². The predicted molar refractivity (Wildman–Crippen MR) is 160 cm³/mol. The van der Waals surface area contributed by atoms with Crippen LogP contribution in [0.1, 0.15) is 84.3 Å². The van der Waals surface area contributed by atoms with Gasteiger partial charge < -0.3 is 9.84 Å². The van der Waals surface area contributed by atoms with Crippen LogP contribution in [0.2, 0.25) is 0 Å². The van der Waals surface area contributed by atoms with Crippen LogP contribution in [0.25, 0.3) is 16.7 Å². The number of alkyl halides is 3. The second kappa shape index (κ2) is 11.4. The lowest BCUT2D eigenvalue weighted by atomic mass is 9.72. The number of ether oxygens (including phenoxy) is 1. The van der Waals surface area contributed by atoms with E-state index in [1.807, 2.05) is 0 Å². The number of benzene rings is 3. The molecule has 1 fully saturated rings. The van der Waals surface area contributed by atoms with Gasteiger partial charge in [0.15, 0.2) is 0 Å². The largest absolute Gasteiger partial charge is 0.478 e. The minimum Gasteiger partial charge on any atom is -0.478 e. The molecule has 232 valence electrons. The molecular weight excluding hydrogens is 574 g/mol. The SMILES string of the molecule is Cc1cc([C@H]2OC(=O)N(CC3=C(c4cc(-c5ccc(C(=O)O)cc5C)ccc4F)CCC(C)(C)C3)[C@H]2C)cc(C(F)(F)F)c1. The summed E-state index contributed by atoms with van der Waals surface area (Å²) in [6, 6.07) is 12.8. The molecule has 5 rings (SSSR count). The van der Waals surface area contributed by atoms with E-state index < -0.39 is 41.8 Å². The van der Waals surface area contributed by atoms with E-state index in [2.05, 4.69) is 13.8 Å². The number of carbonyl (C=O) groups excluding carboxylic acids is 1.